The number of rotatable bonds is 3. The Morgan fingerprint density at radius 1 is 1.36 bits per heavy atom. The first-order chi connectivity index (χ1) is 6.42. The van der Waals surface area contributed by atoms with Gasteiger partial charge in [-0.15, -0.1) is 0 Å². The van der Waals surface area contributed by atoms with Gasteiger partial charge in [0.2, 0.25) is 8.32 Å². The van der Waals surface area contributed by atoms with Gasteiger partial charge in [0.15, 0.2) is 0 Å². The zero-order valence-electron chi connectivity index (χ0n) is 8.67. The van der Waals surface area contributed by atoms with Crippen molar-refractivity contribution in [2.75, 3.05) is 0 Å². The van der Waals surface area contributed by atoms with Crippen LogP contribution >= 0.6 is 15.9 Å². The van der Waals surface area contributed by atoms with Crippen LogP contribution in [0.15, 0.2) is 22.7 Å². The molecule has 0 aliphatic heterocycles. The standard InChI is InChI=1S/C10H15BrO2Si/c1-14(2,3)13-10-6-8(7-12)4-5-9(10)11/h4-6,12H,7H2,1-3H3. The smallest absolute Gasteiger partial charge is 0.242 e. The van der Waals surface area contributed by atoms with Crippen LogP contribution < -0.4 is 4.43 Å². The van der Waals surface area contributed by atoms with Crippen molar-refractivity contribution in [3.63, 3.8) is 0 Å². The molecule has 0 fully saturated rings. The van der Waals surface area contributed by atoms with E-state index in [2.05, 4.69) is 35.6 Å². The highest BCUT2D eigenvalue weighted by atomic mass is 79.9. The van der Waals surface area contributed by atoms with Crippen LogP contribution in [-0.2, 0) is 6.61 Å². The molecule has 0 aliphatic carbocycles. The van der Waals surface area contributed by atoms with Crippen LogP contribution in [0.5, 0.6) is 5.75 Å². The summed E-state index contributed by atoms with van der Waals surface area (Å²) in [7, 11) is -1.58. The summed E-state index contributed by atoms with van der Waals surface area (Å²) in [6, 6.07) is 5.66. The lowest BCUT2D eigenvalue weighted by Crippen LogP contribution is -2.29. The van der Waals surface area contributed by atoms with Crippen molar-refractivity contribution < 1.29 is 9.53 Å². The van der Waals surface area contributed by atoms with Crippen molar-refractivity contribution in [2.45, 2.75) is 26.2 Å². The predicted molar refractivity (Wildman–Crippen MR) is 64.0 cm³/mol. The van der Waals surface area contributed by atoms with Gasteiger partial charge in [0.1, 0.15) is 5.75 Å². The van der Waals surface area contributed by atoms with Crippen molar-refractivity contribution in [2.24, 2.45) is 0 Å². The summed E-state index contributed by atoms with van der Waals surface area (Å²) in [6.45, 7) is 6.44. The molecule has 4 heteroatoms. The average molecular weight is 275 g/mol. The van der Waals surface area contributed by atoms with E-state index in [1.807, 2.05) is 18.2 Å². The van der Waals surface area contributed by atoms with Crippen LogP contribution in [-0.4, -0.2) is 13.4 Å². The highest BCUT2D eigenvalue weighted by molar-refractivity contribution is 9.10. The topological polar surface area (TPSA) is 29.5 Å². The van der Waals surface area contributed by atoms with Gasteiger partial charge < -0.3 is 9.53 Å². The van der Waals surface area contributed by atoms with E-state index in [0.29, 0.717) is 0 Å². The first kappa shape index (κ1) is 11.7. The molecule has 0 aliphatic rings. The molecule has 0 saturated carbocycles. The molecule has 0 aromatic heterocycles. The molecule has 0 spiro atoms. The van der Waals surface area contributed by atoms with Crippen molar-refractivity contribution in [3.8, 4) is 5.75 Å². The first-order valence-corrected chi connectivity index (χ1v) is 8.71. The Bertz CT molecular complexity index is 320. The molecule has 1 aromatic rings. The fourth-order valence-corrected chi connectivity index (χ4v) is 2.36. The molecule has 1 aromatic carbocycles. The lowest BCUT2D eigenvalue weighted by Gasteiger charge is -2.20. The molecule has 2 nitrogen and oxygen atoms in total. The fraction of sp³-hybridized carbons (Fsp3) is 0.400. The minimum Gasteiger partial charge on any atom is -0.544 e. The van der Waals surface area contributed by atoms with Gasteiger partial charge in [-0.2, -0.15) is 0 Å². The van der Waals surface area contributed by atoms with Crippen LogP contribution in [0, 0.1) is 0 Å². The highest BCUT2D eigenvalue weighted by Gasteiger charge is 2.17. The zero-order chi connectivity index (χ0) is 10.8. The van der Waals surface area contributed by atoms with Crippen LogP contribution in [0.4, 0.5) is 0 Å². The Labute approximate surface area is 94.2 Å². The van der Waals surface area contributed by atoms with E-state index in [-0.39, 0.29) is 6.61 Å². The van der Waals surface area contributed by atoms with Crippen molar-refractivity contribution in [1.29, 1.82) is 0 Å². The maximum atomic E-state index is 8.99. The largest absolute Gasteiger partial charge is 0.544 e. The average Bonchev–Trinajstić information content (AvgIpc) is 2.06. The second-order valence-electron chi connectivity index (χ2n) is 4.14. The van der Waals surface area contributed by atoms with Gasteiger partial charge >= 0.3 is 0 Å². The Kier molecular flexibility index (Phi) is 3.75. The second-order valence-corrected chi connectivity index (χ2v) is 9.42. The third kappa shape index (κ3) is 3.44. The molecule has 1 rings (SSSR count). The number of hydrogen-bond acceptors (Lipinski definition) is 2. The molecule has 0 heterocycles. The molecule has 0 bridgehead atoms. The molecule has 0 amide bonds. The monoisotopic (exact) mass is 274 g/mol. The lowest BCUT2D eigenvalue weighted by molar-refractivity contribution is 0.281. The van der Waals surface area contributed by atoms with Crippen LogP contribution in [0.25, 0.3) is 0 Å². The Balaban J connectivity index is 2.95. The van der Waals surface area contributed by atoms with Gasteiger partial charge in [-0.25, -0.2) is 0 Å². The Morgan fingerprint density at radius 3 is 2.50 bits per heavy atom. The summed E-state index contributed by atoms with van der Waals surface area (Å²) < 4.78 is 6.80. The summed E-state index contributed by atoms with van der Waals surface area (Å²) in [6.07, 6.45) is 0. The summed E-state index contributed by atoms with van der Waals surface area (Å²) >= 11 is 3.43. The minimum absolute atomic E-state index is 0.0509. The van der Waals surface area contributed by atoms with Crippen molar-refractivity contribution in [1.82, 2.24) is 0 Å². The zero-order valence-corrected chi connectivity index (χ0v) is 11.3. The lowest BCUT2D eigenvalue weighted by atomic mass is 10.2. The van der Waals surface area contributed by atoms with Crippen molar-refractivity contribution >= 4 is 24.2 Å². The second kappa shape index (κ2) is 4.46. The van der Waals surface area contributed by atoms with E-state index < -0.39 is 8.32 Å². The Hall–Kier alpha value is -0.323. The van der Waals surface area contributed by atoms with Crippen molar-refractivity contribution in [3.05, 3.63) is 28.2 Å². The third-order valence-electron chi connectivity index (χ3n) is 1.59. The van der Waals surface area contributed by atoms with Gasteiger partial charge in [0, 0.05) is 0 Å². The van der Waals surface area contributed by atoms with E-state index in [1.54, 1.807) is 0 Å². The normalized spacial score (nSPS) is 11.5. The molecule has 14 heavy (non-hydrogen) atoms. The minimum atomic E-state index is -1.58. The summed E-state index contributed by atoms with van der Waals surface area (Å²) in [5.41, 5.74) is 0.876. The maximum Gasteiger partial charge on any atom is 0.242 e. The van der Waals surface area contributed by atoms with Gasteiger partial charge in [-0.05, 0) is 53.3 Å². The van der Waals surface area contributed by atoms with Gasteiger partial charge in [-0.1, -0.05) is 6.07 Å². The van der Waals surface area contributed by atoms with E-state index in [4.69, 9.17) is 9.53 Å². The summed E-state index contributed by atoms with van der Waals surface area (Å²) in [5, 5.41) is 8.99. The fourth-order valence-electron chi connectivity index (χ4n) is 1.05. The number of benzene rings is 1. The van der Waals surface area contributed by atoms with Gasteiger partial charge in [-0.3, -0.25) is 0 Å². The molecule has 0 radical (unpaired) electrons. The number of halogens is 1. The van der Waals surface area contributed by atoms with E-state index >= 15 is 0 Å². The molecule has 0 atom stereocenters. The first-order valence-electron chi connectivity index (χ1n) is 4.51. The predicted octanol–water partition coefficient (Wildman–Crippen LogP) is 3.16. The Morgan fingerprint density at radius 2 is 2.00 bits per heavy atom. The summed E-state index contributed by atoms with van der Waals surface area (Å²) in [4.78, 5) is 0. The van der Waals surface area contributed by atoms with Crippen LogP contribution in [0.2, 0.25) is 19.6 Å². The molecule has 78 valence electrons. The molecular formula is C10H15BrO2Si. The van der Waals surface area contributed by atoms with Crippen LogP contribution in [0.1, 0.15) is 5.56 Å². The summed E-state index contributed by atoms with van der Waals surface area (Å²) in [5.74, 6) is 0.829. The molecule has 1 N–H and O–H groups in total. The molecular weight excluding hydrogens is 260 g/mol. The van der Waals surface area contributed by atoms with E-state index in [0.717, 1.165) is 15.8 Å². The quantitative estimate of drug-likeness (QED) is 0.859. The maximum absolute atomic E-state index is 8.99. The van der Waals surface area contributed by atoms with Crippen LogP contribution in [0.3, 0.4) is 0 Å². The molecule has 0 saturated heterocycles. The van der Waals surface area contributed by atoms with E-state index in [9.17, 15) is 0 Å². The number of aliphatic hydroxyl groups excluding tert-OH is 1. The third-order valence-corrected chi connectivity index (χ3v) is 3.08. The SMILES string of the molecule is C[Si](C)(C)Oc1cc(CO)ccc1Br. The van der Waals surface area contributed by atoms with Gasteiger partial charge in [0.25, 0.3) is 0 Å². The van der Waals surface area contributed by atoms with Gasteiger partial charge in [0.05, 0.1) is 11.1 Å². The van der Waals surface area contributed by atoms with E-state index in [1.165, 1.54) is 0 Å². The highest BCUT2D eigenvalue weighted by Crippen LogP contribution is 2.28. The number of aliphatic hydroxyl groups is 1. The molecule has 0 unspecified atom stereocenters. The number of hydrogen-bond donors (Lipinski definition) is 1.